The molecule has 1 saturated heterocycles. The molecule has 9 heteroatoms. The van der Waals surface area contributed by atoms with Crippen LogP contribution >= 0.6 is 27.7 Å². The minimum absolute atomic E-state index is 0.125. The fourth-order valence-corrected chi connectivity index (χ4v) is 2.89. The number of aliphatic carboxylic acids is 1. The first-order valence-corrected chi connectivity index (χ1v) is 7.42. The van der Waals surface area contributed by atoms with Crippen molar-refractivity contribution in [1.29, 1.82) is 0 Å². The number of carbonyl (C=O) groups excluding carboxylic acids is 1. The summed E-state index contributed by atoms with van der Waals surface area (Å²) in [4.78, 5) is 22.1. The lowest BCUT2D eigenvalue weighted by atomic mass is 10.2. The molecular formula is C12H10BrN3O4S. The number of carbonyl (C=O) groups is 2. The number of nitrogens with one attached hydrogen (secondary N) is 1. The van der Waals surface area contributed by atoms with Gasteiger partial charge in [-0.3, -0.25) is 9.59 Å². The number of nitrogens with zero attached hydrogens (tertiary/aromatic N) is 2. The van der Waals surface area contributed by atoms with Crippen molar-refractivity contribution in [3.05, 3.63) is 28.2 Å². The van der Waals surface area contributed by atoms with Crippen molar-refractivity contribution in [3.8, 4) is 5.75 Å². The van der Waals surface area contributed by atoms with Crippen LogP contribution in [0.2, 0.25) is 0 Å². The number of aromatic hydroxyl groups is 1. The number of thioether (sulfide) groups is 1. The van der Waals surface area contributed by atoms with Crippen molar-refractivity contribution in [2.45, 2.75) is 11.7 Å². The van der Waals surface area contributed by atoms with Gasteiger partial charge in [-0.2, -0.15) is 5.10 Å². The number of benzene rings is 1. The summed E-state index contributed by atoms with van der Waals surface area (Å²) in [7, 11) is 0. The van der Waals surface area contributed by atoms with E-state index in [1.165, 1.54) is 18.3 Å². The molecule has 1 amide bonds. The van der Waals surface area contributed by atoms with Crippen LogP contribution in [0, 0.1) is 0 Å². The van der Waals surface area contributed by atoms with Gasteiger partial charge in [-0.25, -0.2) is 0 Å². The standard InChI is InChI=1S/C12H10BrN3O4S/c13-8-3-7(17)2-1-6(8)5-14-16-12-15-11(20)9(21-12)4-10(18)19/h1-3,5,9,17H,4H2,(H,18,19)(H,15,16,20). The van der Waals surface area contributed by atoms with Crippen LogP contribution in [0.3, 0.4) is 0 Å². The van der Waals surface area contributed by atoms with E-state index in [-0.39, 0.29) is 23.2 Å². The highest BCUT2D eigenvalue weighted by Gasteiger charge is 2.32. The van der Waals surface area contributed by atoms with Gasteiger partial charge in [-0.15, -0.1) is 5.10 Å². The second kappa shape index (κ2) is 6.72. The summed E-state index contributed by atoms with van der Waals surface area (Å²) in [6.45, 7) is 0. The Kier molecular flexibility index (Phi) is 4.97. The molecule has 0 radical (unpaired) electrons. The van der Waals surface area contributed by atoms with Crippen LogP contribution in [0.1, 0.15) is 12.0 Å². The van der Waals surface area contributed by atoms with Crippen molar-refractivity contribution in [3.63, 3.8) is 0 Å². The predicted molar refractivity (Wildman–Crippen MR) is 82.6 cm³/mol. The van der Waals surface area contributed by atoms with E-state index in [9.17, 15) is 14.7 Å². The SMILES string of the molecule is O=C(O)CC1SC(=NN=Cc2ccc(O)cc2Br)NC1=O. The molecule has 0 aromatic heterocycles. The highest BCUT2D eigenvalue weighted by Crippen LogP contribution is 2.23. The number of carboxylic acid groups (broad SMARTS) is 1. The van der Waals surface area contributed by atoms with Gasteiger partial charge in [-0.1, -0.05) is 11.8 Å². The maximum absolute atomic E-state index is 11.5. The van der Waals surface area contributed by atoms with Crippen LogP contribution in [-0.4, -0.2) is 38.7 Å². The van der Waals surface area contributed by atoms with E-state index in [2.05, 4.69) is 31.4 Å². The number of carboxylic acids is 1. The monoisotopic (exact) mass is 371 g/mol. The van der Waals surface area contributed by atoms with Crippen LogP contribution in [0.25, 0.3) is 0 Å². The van der Waals surface area contributed by atoms with Crippen LogP contribution < -0.4 is 5.32 Å². The average molecular weight is 372 g/mol. The molecule has 1 heterocycles. The molecule has 1 aliphatic heterocycles. The normalized spacial score (nSPS) is 20.1. The zero-order valence-corrected chi connectivity index (χ0v) is 12.9. The van der Waals surface area contributed by atoms with Crippen LogP contribution in [-0.2, 0) is 9.59 Å². The third kappa shape index (κ3) is 4.30. The van der Waals surface area contributed by atoms with Gasteiger partial charge in [0.05, 0.1) is 12.6 Å². The smallest absolute Gasteiger partial charge is 0.305 e. The Morgan fingerprint density at radius 2 is 2.29 bits per heavy atom. The largest absolute Gasteiger partial charge is 0.508 e. The van der Waals surface area contributed by atoms with E-state index >= 15 is 0 Å². The summed E-state index contributed by atoms with van der Waals surface area (Å²) in [5.74, 6) is -1.30. The fraction of sp³-hybridized carbons (Fsp3) is 0.167. The van der Waals surface area contributed by atoms with E-state index < -0.39 is 11.2 Å². The van der Waals surface area contributed by atoms with Crippen molar-refractivity contribution in [1.82, 2.24) is 5.32 Å². The second-order valence-electron chi connectivity index (χ2n) is 4.05. The fourth-order valence-electron chi connectivity index (χ4n) is 1.51. The molecule has 2 rings (SSSR count). The molecule has 21 heavy (non-hydrogen) atoms. The Morgan fingerprint density at radius 3 is 2.95 bits per heavy atom. The summed E-state index contributed by atoms with van der Waals surface area (Å²) in [6, 6.07) is 4.68. The molecule has 1 aromatic rings. The van der Waals surface area contributed by atoms with Crippen LogP contribution in [0.4, 0.5) is 0 Å². The lowest BCUT2D eigenvalue weighted by Crippen LogP contribution is -2.26. The number of amides is 1. The Labute approximate surface area is 132 Å². The van der Waals surface area contributed by atoms with E-state index in [0.717, 1.165) is 11.8 Å². The van der Waals surface area contributed by atoms with Crippen LogP contribution in [0.5, 0.6) is 5.75 Å². The minimum atomic E-state index is -1.04. The minimum Gasteiger partial charge on any atom is -0.508 e. The molecule has 0 saturated carbocycles. The Bertz CT molecular complexity index is 647. The van der Waals surface area contributed by atoms with E-state index in [4.69, 9.17) is 5.11 Å². The molecule has 0 aliphatic carbocycles. The molecule has 3 N–H and O–H groups in total. The lowest BCUT2D eigenvalue weighted by Gasteiger charge is -1.98. The highest BCUT2D eigenvalue weighted by atomic mass is 79.9. The molecule has 1 unspecified atom stereocenters. The third-order valence-electron chi connectivity index (χ3n) is 2.47. The van der Waals surface area contributed by atoms with Crippen molar-refractivity contribution < 1.29 is 19.8 Å². The maximum atomic E-state index is 11.5. The highest BCUT2D eigenvalue weighted by molar-refractivity contribution is 9.10. The Balaban J connectivity index is 2.03. The first-order chi connectivity index (χ1) is 9.95. The molecule has 0 bridgehead atoms. The van der Waals surface area contributed by atoms with Crippen molar-refractivity contribution in [2.75, 3.05) is 0 Å². The number of phenolic OH excluding ortho intramolecular Hbond substituents is 1. The van der Waals surface area contributed by atoms with Crippen molar-refractivity contribution >= 4 is 51.0 Å². The van der Waals surface area contributed by atoms with Gasteiger partial charge in [0.25, 0.3) is 0 Å². The van der Waals surface area contributed by atoms with Gasteiger partial charge in [0, 0.05) is 10.0 Å². The number of rotatable bonds is 4. The molecule has 1 fully saturated rings. The summed E-state index contributed by atoms with van der Waals surface area (Å²) in [6.07, 6.45) is 1.19. The predicted octanol–water partition coefficient (Wildman–Crippen LogP) is 1.55. The quantitative estimate of drug-likeness (QED) is 0.549. The third-order valence-corrected chi connectivity index (χ3v) is 4.22. The van der Waals surface area contributed by atoms with Gasteiger partial charge in [0.15, 0.2) is 5.17 Å². The summed E-state index contributed by atoms with van der Waals surface area (Å²) in [5.41, 5.74) is 0.702. The molecule has 0 spiro atoms. The number of phenols is 1. The number of amidine groups is 1. The van der Waals surface area contributed by atoms with Crippen molar-refractivity contribution in [2.24, 2.45) is 10.2 Å². The van der Waals surface area contributed by atoms with Gasteiger partial charge >= 0.3 is 5.97 Å². The Morgan fingerprint density at radius 1 is 1.52 bits per heavy atom. The average Bonchev–Trinajstić information content (AvgIpc) is 2.72. The summed E-state index contributed by atoms with van der Waals surface area (Å²) >= 11 is 4.30. The van der Waals surface area contributed by atoms with Crippen LogP contribution in [0.15, 0.2) is 32.9 Å². The maximum Gasteiger partial charge on any atom is 0.305 e. The number of hydrogen-bond donors (Lipinski definition) is 3. The molecule has 7 nitrogen and oxygen atoms in total. The molecule has 110 valence electrons. The van der Waals surface area contributed by atoms with Gasteiger partial charge in [-0.05, 0) is 34.1 Å². The van der Waals surface area contributed by atoms with E-state index in [1.807, 2.05) is 0 Å². The molecular weight excluding hydrogens is 362 g/mol. The Hall–Kier alpha value is -1.87. The van der Waals surface area contributed by atoms with Gasteiger partial charge in [0.2, 0.25) is 5.91 Å². The molecule has 1 aromatic carbocycles. The summed E-state index contributed by atoms with van der Waals surface area (Å²) < 4.78 is 0.651. The second-order valence-corrected chi connectivity index (χ2v) is 6.09. The molecule has 1 aliphatic rings. The molecule has 1 atom stereocenters. The number of hydrogen-bond acceptors (Lipinski definition) is 6. The van der Waals surface area contributed by atoms with E-state index in [0.29, 0.717) is 10.0 Å². The first kappa shape index (κ1) is 15.5. The van der Waals surface area contributed by atoms with Gasteiger partial charge in [0.1, 0.15) is 11.0 Å². The van der Waals surface area contributed by atoms with E-state index in [1.54, 1.807) is 6.07 Å². The van der Waals surface area contributed by atoms with Gasteiger partial charge < -0.3 is 15.5 Å². The zero-order chi connectivity index (χ0) is 15.4. The number of halogens is 1. The zero-order valence-electron chi connectivity index (χ0n) is 10.5. The summed E-state index contributed by atoms with van der Waals surface area (Å²) in [5, 5.41) is 27.6. The first-order valence-electron chi connectivity index (χ1n) is 5.74. The topological polar surface area (TPSA) is 111 Å². The lowest BCUT2D eigenvalue weighted by molar-refractivity contribution is -0.138.